The second kappa shape index (κ2) is 8.87. The molecular weight excluding hydrogens is 362 g/mol. The topological polar surface area (TPSA) is 80.9 Å². The molecule has 10 heteroatoms. The summed E-state index contributed by atoms with van der Waals surface area (Å²) < 4.78 is 39.7. The van der Waals surface area contributed by atoms with Gasteiger partial charge in [-0.05, 0) is 12.1 Å². The highest BCUT2D eigenvalue weighted by Crippen LogP contribution is 2.29. The molecule has 0 N–H and O–H groups in total. The van der Waals surface area contributed by atoms with E-state index in [4.69, 9.17) is 9.26 Å². The van der Waals surface area contributed by atoms with Crippen molar-refractivity contribution in [2.45, 2.75) is 13.2 Å². The van der Waals surface area contributed by atoms with Gasteiger partial charge in [0.05, 0.1) is 12.1 Å². The Bertz CT molecular complexity index is 763. The number of nitrogens with zero attached hydrogens (tertiary/aromatic N) is 4. The molecule has 1 aromatic heterocycles. The minimum atomic E-state index is -2.94. The van der Waals surface area contributed by atoms with Gasteiger partial charge in [-0.1, -0.05) is 17.3 Å². The smallest absolute Gasteiger partial charge is 0.387 e. The van der Waals surface area contributed by atoms with Crippen LogP contribution in [0.25, 0.3) is 11.4 Å². The first-order valence-electron chi connectivity index (χ1n) is 8.42. The summed E-state index contributed by atoms with van der Waals surface area (Å²) in [4.78, 5) is 19.9. The summed E-state index contributed by atoms with van der Waals surface area (Å²) in [6.07, 6.45) is 0. The minimum absolute atomic E-state index is 0.00915. The second-order valence-electron chi connectivity index (χ2n) is 5.98. The van der Waals surface area contributed by atoms with Crippen molar-refractivity contribution in [3.05, 3.63) is 30.2 Å². The molecule has 2 aromatic rings. The van der Waals surface area contributed by atoms with Crippen molar-refractivity contribution in [3.8, 4) is 17.1 Å². The lowest BCUT2D eigenvalue weighted by Crippen LogP contribution is -2.49. The van der Waals surface area contributed by atoms with Gasteiger partial charge < -0.3 is 18.9 Å². The Balaban J connectivity index is 1.60. The van der Waals surface area contributed by atoms with Gasteiger partial charge in [0, 0.05) is 33.3 Å². The third-order valence-electron chi connectivity index (χ3n) is 4.16. The largest absolute Gasteiger partial charge is 0.434 e. The average Bonchev–Trinajstić information content (AvgIpc) is 3.11. The van der Waals surface area contributed by atoms with Crippen molar-refractivity contribution in [2.75, 3.05) is 39.9 Å². The summed E-state index contributed by atoms with van der Waals surface area (Å²) in [5.41, 5.74) is 0.336. The van der Waals surface area contributed by atoms with E-state index >= 15 is 0 Å². The highest BCUT2D eigenvalue weighted by atomic mass is 19.3. The first-order chi connectivity index (χ1) is 13.1. The number of para-hydroxylation sites is 1. The van der Waals surface area contributed by atoms with Gasteiger partial charge in [-0.3, -0.25) is 9.69 Å². The summed E-state index contributed by atoms with van der Waals surface area (Å²) in [5.74, 6) is 0.515. The number of amides is 1. The standard InChI is InChI=1S/C17H20F2N4O4/c1-25-11-15(24)23-8-6-22(7-9-23)10-14-20-16(21-27-14)12-4-2-3-5-13(12)26-17(18)19/h2-5,17H,6-11H2,1H3. The van der Waals surface area contributed by atoms with Crippen LogP contribution in [0.3, 0.4) is 0 Å². The van der Waals surface area contributed by atoms with Crippen molar-refractivity contribution in [2.24, 2.45) is 0 Å². The monoisotopic (exact) mass is 382 g/mol. The summed E-state index contributed by atoms with van der Waals surface area (Å²) in [7, 11) is 1.49. The van der Waals surface area contributed by atoms with E-state index in [2.05, 4.69) is 19.8 Å². The number of carbonyl (C=O) groups is 1. The number of piperazine rings is 1. The van der Waals surface area contributed by atoms with Crippen molar-refractivity contribution in [3.63, 3.8) is 0 Å². The lowest BCUT2D eigenvalue weighted by molar-refractivity contribution is -0.137. The molecular formula is C17H20F2N4O4. The van der Waals surface area contributed by atoms with Gasteiger partial charge in [0.25, 0.3) is 0 Å². The molecule has 1 aromatic carbocycles. The van der Waals surface area contributed by atoms with E-state index in [1.54, 1.807) is 23.1 Å². The van der Waals surface area contributed by atoms with Gasteiger partial charge in [-0.15, -0.1) is 0 Å². The average molecular weight is 382 g/mol. The molecule has 0 saturated carbocycles. The number of benzene rings is 1. The summed E-state index contributed by atoms with van der Waals surface area (Å²) in [6.45, 7) is 0.0677. The van der Waals surface area contributed by atoms with E-state index in [0.29, 0.717) is 44.2 Å². The van der Waals surface area contributed by atoms with Gasteiger partial charge in [0.1, 0.15) is 12.4 Å². The van der Waals surface area contributed by atoms with Crippen LogP contribution >= 0.6 is 0 Å². The van der Waals surface area contributed by atoms with Crippen molar-refractivity contribution >= 4 is 5.91 Å². The van der Waals surface area contributed by atoms with Crippen LogP contribution in [0.4, 0.5) is 8.78 Å². The number of aromatic nitrogens is 2. The Morgan fingerprint density at radius 3 is 2.70 bits per heavy atom. The Hall–Kier alpha value is -2.59. The summed E-state index contributed by atoms with van der Waals surface area (Å²) in [5, 5.41) is 3.87. The van der Waals surface area contributed by atoms with Crippen LogP contribution < -0.4 is 4.74 Å². The number of rotatable bonds is 7. The maximum absolute atomic E-state index is 12.5. The number of ether oxygens (including phenoxy) is 2. The van der Waals surface area contributed by atoms with Crippen LogP contribution in [0.2, 0.25) is 0 Å². The molecule has 0 atom stereocenters. The van der Waals surface area contributed by atoms with E-state index in [0.717, 1.165) is 0 Å². The number of halogens is 2. The predicted octanol–water partition coefficient (Wildman–Crippen LogP) is 1.63. The highest BCUT2D eigenvalue weighted by Gasteiger charge is 2.23. The summed E-state index contributed by atoms with van der Waals surface area (Å²) in [6, 6.07) is 6.28. The minimum Gasteiger partial charge on any atom is -0.434 e. The molecule has 1 fully saturated rings. The van der Waals surface area contributed by atoms with Crippen LogP contribution in [0.5, 0.6) is 5.75 Å². The Morgan fingerprint density at radius 1 is 1.26 bits per heavy atom. The van der Waals surface area contributed by atoms with E-state index in [9.17, 15) is 13.6 Å². The van der Waals surface area contributed by atoms with Crippen LogP contribution in [0.1, 0.15) is 5.89 Å². The number of alkyl halides is 2. The molecule has 1 aliphatic rings. The summed E-state index contributed by atoms with van der Waals surface area (Å²) >= 11 is 0. The SMILES string of the molecule is COCC(=O)N1CCN(Cc2nc(-c3ccccc3OC(F)F)no2)CC1. The molecule has 0 radical (unpaired) electrons. The molecule has 2 heterocycles. The molecule has 27 heavy (non-hydrogen) atoms. The quantitative estimate of drug-likeness (QED) is 0.720. The highest BCUT2D eigenvalue weighted by molar-refractivity contribution is 5.77. The fourth-order valence-electron chi connectivity index (χ4n) is 2.84. The van der Waals surface area contributed by atoms with E-state index in [1.807, 2.05) is 0 Å². The van der Waals surface area contributed by atoms with Crippen molar-refractivity contribution < 1.29 is 27.6 Å². The lowest BCUT2D eigenvalue weighted by atomic mass is 10.2. The Kier molecular flexibility index (Phi) is 6.30. The van der Waals surface area contributed by atoms with Gasteiger partial charge in [-0.2, -0.15) is 13.8 Å². The van der Waals surface area contributed by atoms with Gasteiger partial charge in [0.2, 0.25) is 17.6 Å². The van der Waals surface area contributed by atoms with Crippen molar-refractivity contribution in [1.29, 1.82) is 0 Å². The molecule has 0 unspecified atom stereocenters. The maximum Gasteiger partial charge on any atom is 0.387 e. The third-order valence-corrected chi connectivity index (χ3v) is 4.16. The molecule has 0 spiro atoms. The van der Waals surface area contributed by atoms with Crippen molar-refractivity contribution in [1.82, 2.24) is 19.9 Å². The fraction of sp³-hybridized carbons (Fsp3) is 0.471. The van der Waals surface area contributed by atoms with Crippen LogP contribution in [-0.2, 0) is 16.1 Å². The molecule has 0 bridgehead atoms. The number of hydrogen-bond donors (Lipinski definition) is 0. The predicted molar refractivity (Wildman–Crippen MR) is 90.1 cm³/mol. The molecule has 1 saturated heterocycles. The van der Waals surface area contributed by atoms with E-state index in [1.165, 1.54) is 13.2 Å². The zero-order valence-corrected chi connectivity index (χ0v) is 14.8. The lowest BCUT2D eigenvalue weighted by Gasteiger charge is -2.33. The van der Waals surface area contributed by atoms with E-state index < -0.39 is 6.61 Å². The Morgan fingerprint density at radius 2 is 2.00 bits per heavy atom. The van der Waals surface area contributed by atoms with Crippen LogP contribution in [0.15, 0.2) is 28.8 Å². The third kappa shape index (κ3) is 4.98. The molecule has 1 amide bonds. The number of carbonyl (C=O) groups excluding carboxylic acids is 1. The van der Waals surface area contributed by atoms with Gasteiger partial charge in [0.15, 0.2) is 0 Å². The molecule has 146 valence electrons. The molecule has 1 aliphatic heterocycles. The fourth-order valence-corrected chi connectivity index (χ4v) is 2.84. The zero-order chi connectivity index (χ0) is 19.2. The number of methoxy groups -OCH3 is 1. The normalized spacial score (nSPS) is 15.3. The van der Waals surface area contributed by atoms with Crippen LogP contribution in [-0.4, -0.2) is 72.4 Å². The maximum atomic E-state index is 12.5. The molecule has 8 nitrogen and oxygen atoms in total. The van der Waals surface area contributed by atoms with Gasteiger partial charge in [-0.25, -0.2) is 0 Å². The first kappa shape index (κ1) is 19.2. The molecule has 0 aliphatic carbocycles. The number of hydrogen-bond acceptors (Lipinski definition) is 7. The Labute approximate surface area is 154 Å². The molecule has 3 rings (SSSR count). The second-order valence-corrected chi connectivity index (χ2v) is 5.98. The van der Waals surface area contributed by atoms with Gasteiger partial charge >= 0.3 is 6.61 Å². The zero-order valence-electron chi connectivity index (χ0n) is 14.8. The van der Waals surface area contributed by atoms with E-state index in [-0.39, 0.29) is 24.1 Å². The van der Waals surface area contributed by atoms with Crippen LogP contribution in [0, 0.1) is 0 Å². The first-order valence-corrected chi connectivity index (χ1v) is 8.42.